The van der Waals surface area contributed by atoms with Crippen LogP contribution >= 0.6 is 12.2 Å². The predicted molar refractivity (Wildman–Crippen MR) is 126 cm³/mol. The van der Waals surface area contributed by atoms with Crippen LogP contribution in [0.15, 0.2) is 24.3 Å². The van der Waals surface area contributed by atoms with Gasteiger partial charge in [-0.05, 0) is 38.0 Å². The maximum Gasteiger partial charge on any atom is 0.282 e. The molecule has 0 radical (unpaired) electrons. The van der Waals surface area contributed by atoms with Crippen molar-refractivity contribution in [1.29, 1.82) is 0 Å². The lowest BCUT2D eigenvalue weighted by Gasteiger charge is -2.40. The molecule has 176 valence electrons. The van der Waals surface area contributed by atoms with Crippen LogP contribution in [0, 0.1) is 4.77 Å². The van der Waals surface area contributed by atoms with Crippen molar-refractivity contribution in [2.75, 3.05) is 39.3 Å². The lowest BCUT2D eigenvalue weighted by molar-refractivity contribution is -0.0458. The molecule has 0 bridgehead atoms. The van der Waals surface area contributed by atoms with Crippen molar-refractivity contribution in [3.8, 4) is 11.4 Å². The van der Waals surface area contributed by atoms with E-state index in [1.165, 1.54) is 5.56 Å². The van der Waals surface area contributed by atoms with Gasteiger partial charge in [0.2, 0.25) is 4.77 Å². The van der Waals surface area contributed by atoms with Crippen molar-refractivity contribution in [2.45, 2.75) is 46.1 Å². The second-order valence-corrected chi connectivity index (χ2v) is 10.9. The van der Waals surface area contributed by atoms with E-state index in [0.29, 0.717) is 50.7 Å². The Morgan fingerprint density at radius 2 is 1.69 bits per heavy atom. The van der Waals surface area contributed by atoms with E-state index >= 15 is 0 Å². The smallest absolute Gasteiger partial charge is 0.282 e. The molecule has 2 fully saturated rings. The fourth-order valence-electron chi connectivity index (χ4n) is 4.26. The molecule has 0 spiro atoms. The molecule has 3 heterocycles. The Balaban J connectivity index is 1.37. The minimum atomic E-state index is -3.48. The first kappa shape index (κ1) is 23.5. The van der Waals surface area contributed by atoms with Gasteiger partial charge in [0.05, 0.1) is 18.9 Å². The van der Waals surface area contributed by atoms with Crippen molar-refractivity contribution in [2.24, 2.45) is 0 Å². The highest BCUT2D eigenvalue weighted by molar-refractivity contribution is 7.86. The van der Waals surface area contributed by atoms with E-state index in [2.05, 4.69) is 34.0 Å². The van der Waals surface area contributed by atoms with Crippen LogP contribution in [0.25, 0.3) is 11.4 Å². The van der Waals surface area contributed by atoms with E-state index in [4.69, 9.17) is 17.0 Å². The lowest BCUT2D eigenvalue weighted by Crippen LogP contribution is -2.57. The number of aryl methyl sites for hydroxylation is 1. The van der Waals surface area contributed by atoms with E-state index in [9.17, 15) is 8.42 Å². The highest BCUT2D eigenvalue weighted by Gasteiger charge is 2.36. The first-order valence-corrected chi connectivity index (χ1v) is 13.0. The highest BCUT2D eigenvalue weighted by Crippen LogP contribution is 2.20. The zero-order valence-electron chi connectivity index (χ0n) is 18.9. The molecule has 2 atom stereocenters. The number of piperazine rings is 1. The summed E-state index contributed by atoms with van der Waals surface area (Å²) >= 11 is 5.45. The molecule has 1 aromatic heterocycles. The van der Waals surface area contributed by atoms with Crippen molar-refractivity contribution < 1.29 is 13.2 Å². The Labute approximate surface area is 195 Å². The second kappa shape index (κ2) is 9.70. The van der Waals surface area contributed by atoms with E-state index in [1.54, 1.807) is 8.61 Å². The molecule has 1 aromatic carbocycles. The number of benzene rings is 1. The molecule has 2 aliphatic rings. The van der Waals surface area contributed by atoms with Gasteiger partial charge in [-0.1, -0.05) is 31.2 Å². The summed E-state index contributed by atoms with van der Waals surface area (Å²) in [5, 5.41) is 3.29. The maximum absolute atomic E-state index is 13.1. The number of hydrogen-bond donors (Lipinski definition) is 1. The molecule has 9 nitrogen and oxygen atoms in total. The van der Waals surface area contributed by atoms with Gasteiger partial charge < -0.3 is 4.74 Å². The van der Waals surface area contributed by atoms with Gasteiger partial charge in [-0.25, -0.2) is 4.68 Å². The van der Waals surface area contributed by atoms with Gasteiger partial charge in [0, 0.05) is 44.8 Å². The Kier molecular flexibility index (Phi) is 7.13. The van der Waals surface area contributed by atoms with E-state index < -0.39 is 10.2 Å². The van der Waals surface area contributed by atoms with Crippen LogP contribution in [-0.2, 0) is 28.0 Å². The van der Waals surface area contributed by atoms with E-state index in [0.717, 1.165) is 17.8 Å². The quantitative estimate of drug-likeness (QED) is 0.638. The third-order valence-corrected chi connectivity index (χ3v) is 8.31. The summed E-state index contributed by atoms with van der Waals surface area (Å²) in [4.78, 5) is 6.69. The van der Waals surface area contributed by atoms with Crippen LogP contribution in [0.5, 0.6) is 0 Å². The standard InChI is InChI=1S/C21H32N6O3S2/c1-4-18-5-7-19(8-6-18)20-22-21(31)27(23-20)15-24-9-11-25(12-10-24)32(28,29)26-13-16(2)30-17(3)14-26/h5-8,16-17H,4,9-15H2,1-3H3,(H,22,23,31). The molecule has 1 N–H and O–H groups in total. The summed E-state index contributed by atoms with van der Waals surface area (Å²) in [7, 11) is -3.48. The van der Waals surface area contributed by atoms with E-state index in [-0.39, 0.29) is 12.2 Å². The molecule has 4 rings (SSSR count). The summed E-state index contributed by atoms with van der Waals surface area (Å²) < 4.78 is 37.4. The van der Waals surface area contributed by atoms with Gasteiger partial charge in [0.1, 0.15) is 0 Å². The van der Waals surface area contributed by atoms with Crippen molar-refractivity contribution in [3.05, 3.63) is 34.6 Å². The van der Waals surface area contributed by atoms with Crippen molar-refractivity contribution >= 4 is 22.4 Å². The van der Waals surface area contributed by atoms with Crippen LogP contribution < -0.4 is 0 Å². The zero-order chi connectivity index (χ0) is 22.9. The molecular formula is C21H32N6O3S2. The number of H-pyrrole nitrogens is 1. The third kappa shape index (κ3) is 5.13. The fraction of sp³-hybridized carbons (Fsp3) is 0.619. The molecule has 0 saturated carbocycles. The number of morpholine rings is 1. The number of ether oxygens (including phenoxy) is 1. The largest absolute Gasteiger partial charge is 0.373 e. The van der Waals surface area contributed by atoms with E-state index in [1.807, 2.05) is 30.7 Å². The summed E-state index contributed by atoms with van der Waals surface area (Å²) in [6.07, 6.45) is 0.810. The molecule has 0 amide bonds. The summed E-state index contributed by atoms with van der Waals surface area (Å²) in [5.74, 6) is 0.745. The maximum atomic E-state index is 13.1. The van der Waals surface area contributed by atoms with Gasteiger partial charge in [-0.15, -0.1) is 0 Å². The normalized spacial score (nSPS) is 24.1. The molecule has 11 heteroatoms. The van der Waals surface area contributed by atoms with Gasteiger partial charge in [-0.2, -0.15) is 22.0 Å². The number of aromatic amines is 1. The molecule has 2 aliphatic heterocycles. The minimum absolute atomic E-state index is 0.0931. The Morgan fingerprint density at radius 3 is 2.28 bits per heavy atom. The van der Waals surface area contributed by atoms with Crippen LogP contribution in [0.1, 0.15) is 26.3 Å². The Morgan fingerprint density at radius 1 is 1.06 bits per heavy atom. The topological polar surface area (TPSA) is 86.7 Å². The lowest BCUT2D eigenvalue weighted by atomic mass is 10.1. The van der Waals surface area contributed by atoms with Crippen LogP contribution in [0.2, 0.25) is 0 Å². The van der Waals surface area contributed by atoms with Gasteiger partial charge >= 0.3 is 0 Å². The Hall–Kier alpha value is -1.63. The van der Waals surface area contributed by atoms with Gasteiger partial charge in [0.15, 0.2) is 5.82 Å². The first-order chi connectivity index (χ1) is 15.3. The summed E-state index contributed by atoms with van der Waals surface area (Å²) in [6.45, 7) is 9.49. The first-order valence-electron chi connectivity index (χ1n) is 11.2. The van der Waals surface area contributed by atoms with Crippen LogP contribution in [-0.4, -0.2) is 88.2 Å². The van der Waals surface area contributed by atoms with Crippen LogP contribution in [0.3, 0.4) is 0 Å². The third-order valence-electron chi connectivity index (χ3n) is 6.03. The SMILES string of the molecule is CCc1ccc(-c2nc(=S)n(CN3CCN(S(=O)(=O)N4CC(C)OC(C)C4)CC3)[nH]2)cc1. The second-order valence-electron chi connectivity index (χ2n) is 8.57. The number of nitrogens with one attached hydrogen (secondary N) is 1. The molecule has 32 heavy (non-hydrogen) atoms. The van der Waals surface area contributed by atoms with Crippen molar-refractivity contribution in [3.63, 3.8) is 0 Å². The number of aromatic nitrogens is 3. The number of rotatable bonds is 6. The fourth-order valence-corrected chi connectivity index (χ4v) is 6.21. The van der Waals surface area contributed by atoms with Crippen LogP contribution in [0.4, 0.5) is 0 Å². The monoisotopic (exact) mass is 480 g/mol. The molecule has 2 aromatic rings. The minimum Gasteiger partial charge on any atom is -0.373 e. The van der Waals surface area contributed by atoms with Gasteiger partial charge in [-0.3, -0.25) is 10.00 Å². The molecule has 0 aliphatic carbocycles. The number of nitrogens with zero attached hydrogens (tertiary/aromatic N) is 5. The molecule has 2 unspecified atom stereocenters. The summed E-state index contributed by atoms with van der Waals surface area (Å²) in [5.41, 5.74) is 2.28. The average molecular weight is 481 g/mol. The Bertz CT molecular complexity index is 1060. The predicted octanol–water partition coefficient (Wildman–Crippen LogP) is 2.10. The van der Waals surface area contributed by atoms with Gasteiger partial charge in [0.25, 0.3) is 10.2 Å². The highest BCUT2D eigenvalue weighted by atomic mass is 32.2. The van der Waals surface area contributed by atoms with Crippen molar-refractivity contribution in [1.82, 2.24) is 28.3 Å². The molecule has 2 saturated heterocycles. The number of hydrogen-bond acceptors (Lipinski definition) is 6. The average Bonchev–Trinajstić information content (AvgIpc) is 3.13. The zero-order valence-corrected chi connectivity index (χ0v) is 20.5. The summed E-state index contributed by atoms with van der Waals surface area (Å²) in [6, 6.07) is 8.29. The molecular weight excluding hydrogens is 448 g/mol.